The van der Waals surface area contributed by atoms with Gasteiger partial charge in [-0.2, -0.15) is 10.4 Å². The fourth-order valence-electron chi connectivity index (χ4n) is 9.29. The topological polar surface area (TPSA) is 343 Å². The van der Waals surface area contributed by atoms with Gasteiger partial charge >= 0.3 is 12.1 Å². The highest BCUT2D eigenvalue weighted by molar-refractivity contribution is 6.06. The lowest BCUT2D eigenvalue weighted by Gasteiger charge is -2.35. The monoisotopic (exact) mass is 1030 g/mol. The number of anilines is 6. The first-order valence-electron chi connectivity index (χ1n) is 24.4. The summed E-state index contributed by atoms with van der Waals surface area (Å²) < 4.78 is 22.7. The number of tetrazole rings is 2. The van der Waals surface area contributed by atoms with Crippen LogP contribution in [0.1, 0.15) is 72.2 Å². The van der Waals surface area contributed by atoms with Crippen molar-refractivity contribution in [3.8, 4) is 11.5 Å². The third-order valence-electron chi connectivity index (χ3n) is 12.9. The Morgan fingerprint density at radius 1 is 0.760 bits per heavy atom. The number of H-pyrrole nitrogens is 2. The van der Waals surface area contributed by atoms with E-state index in [9.17, 15) is 24.3 Å². The zero-order valence-corrected chi connectivity index (χ0v) is 40.9. The highest BCUT2D eigenvalue weighted by Crippen LogP contribution is 2.41. The molecule has 5 aliphatic heterocycles. The van der Waals surface area contributed by atoms with Crippen molar-refractivity contribution in [1.82, 2.24) is 61.2 Å². The minimum Gasteiger partial charge on any atom is -0.491 e. The van der Waals surface area contributed by atoms with Crippen LogP contribution < -0.4 is 39.7 Å². The molecule has 11 heterocycles. The molecule has 75 heavy (non-hydrogen) atoms. The number of aliphatic hydroxyl groups is 2. The zero-order valence-electron chi connectivity index (χ0n) is 40.9. The van der Waals surface area contributed by atoms with Crippen LogP contribution in [0.25, 0.3) is 0 Å². The summed E-state index contributed by atoms with van der Waals surface area (Å²) in [6, 6.07) is 12.6. The molecule has 0 aliphatic carbocycles. The van der Waals surface area contributed by atoms with Crippen LogP contribution in [-0.4, -0.2) is 178 Å². The molecule has 6 N–H and O–H groups in total. The molecule has 3 fully saturated rings. The van der Waals surface area contributed by atoms with Crippen LogP contribution in [0.3, 0.4) is 0 Å². The summed E-state index contributed by atoms with van der Waals surface area (Å²) in [6.07, 6.45) is 4.40. The van der Waals surface area contributed by atoms with E-state index in [0.717, 1.165) is 37.3 Å². The number of aromatic amines is 2. The number of ether oxygens (including phenoxy) is 4. The molecule has 28 nitrogen and oxygen atoms in total. The number of pyridine rings is 4. The summed E-state index contributed by atoms with van der Waals surface area (Å²) >= 11 is 0. The summed E-state index contributed by atoms with van der Waals surface area (Å²) in [5.74, 6) is 2.33. The van der Waals surface area contributed by atoms with E-state index < -0.39 is 24.5 Å². The molecule has 0 aromatic carbocycles. The molecule has 11 rings (SSSR count). The Kier molecular flexibility index (Phi) is 14.7. The van der Waals surface area contributed by atoms with Gasteiger partial charge in [0.2, 0.25) is 0 Å². The van der Waals surface area contributed by atoms with Crippen molar-refractivity contribution in [3.05, 3.63) is 84.0 Å². The smallest absolute Gasteiger partial charge is 0.329 e. The molecule has 6 aromatic heterocycles. The maximum absolute atomic E-state index is 13.6. The second-order valence-corrected chi connectivity index (χ2v) is 18.6. The van der Waals surface area contributed by atoms with Crippen LogP contribution in [-0.2, 0) is 22.3 Å². The molecule has 5 aliphatic rings. The lowest BCUT2D eigenvalue weighted by Crippen LogP contribution is -2.48. The average Bonchev–Trinajstić information content (AvgIpc) is 4.31. The standard InChI is InChI=1S/C25H29N9O5.C22H25N9O5/c1-25(2)38-14-17(39-25)13-37-16-7-9-26-22(11-16)28-24(36)34-15-8-10-33(12-15)19-4-3-18(27-23(19)34)20(35)5-6-21-29-31-32-30-21;32-11-14(33)12-36-15-5-7-23-20(9-15)25-22(35)31-13-6-8-30(10-13)17-2-1-16(24-21(17)31)18(34)3-4-19-26-28-29-27-19/h3-4,7,9,11,15,17H,5-6,8,10,12-14H2,1-2H3,(H,26,28,36)(H,29,30,31,32);1-2,5,7,9,13-14,32-33H,3-4,6,8,10-12H2,(H,23,25,35)(H,26,27,28,29)/t15-,17-;13-,14+/m00/s1. The second kappa shape index (κ2) is 22.0. The number of rotatable bonds is 17. The number of aryl methyl sites for hydroxylation is 2. The van der Waals surface area contributed by atoms with Gasteiger partial charge in [0.15, 0.2) is 40.6 Å². The van der Waals surface area contributed by atoms with Crippen LogP contribution in [0.15, 0.2) is 60.9 Å². The number of hydrogen-bond donors (Lipinski definition) is 6. The van der Waals surface area contributed by atoms with Crippen LogP contribution >= 0.6 is 0 Å². The van der Waals surface area contributed by atoms with Crippen LogP contribution in [0, 0.1) is 0 Å². The molecule has 28 heteroatoms. The van der Waals surface area contributed by atoms with Gasteiger partial charge in [-0.25, -0.2) is 29.5 Å². The zero-order chi connectivity index (χ0) is 52.1. The number of urea groups is 2. The molecule has 0 saturated carbocycles. The number of carbonyl (C=O) groups excluding carboxylic acids is 4. The molecule has 3 saturated heterocycles. The maximum atomic E-state index is 13.6. The van der Waals surface area contributed by atoms with E-state index in [4.69, 9.17) is 24.1 Å². The van der Waals surface area contributed by atoms with E-state index in [1.54, 1.807) is 46.3 Å². The van der Waals surface area contributed by atoms with E-state index in [0.29, 0.717) is 79.7 Å². The van der Waals surface area contributed by atoms with E-state index >= 15 is 0 Å². The van der Waals surface area contributed by atoms with Crippen molar-refractivity contribution in [2.45, 2.75) is 82.5 Å². The number of ketones is 2. The van der Waals surface area contributed by atoms with Crippen molar-refractivity contribution in [1.29, 1.82) is 0 Å². The Morgan fingerprint density at radius 2 is 1.28 bits per heavy atom. The Morgan fingerprint density at radius 3 is 1.75 bits per heavy atom. The third kappa shape index (κ3) is 11.7. The van der Waals surface area contributed by atoms with Crippen molar-refractivity contribution >= 4 is 58.3 Å². The number of aromatic nitrogens is 12. The molecule has 392 valence electrons. The number of amides is 4. The van der Waals surface area contributed by atoms with E-state index in [2.05, 4.69) is 81.6 Å². The Labute approximate surface area is 427 Å². The number of Topliss-reactive ketones (excluding diaryl/α,β-unsaturated/α-hetero) is 2. The van der Waals surface area contributed by atoms with Gasteiger partial charge < -0.3 is 39.0 Å². The largest absolute Gasteiger partial charge is 0.491 e. The Balaban J connectivity index is 0.000000172. The molecule has 6 aromatic rings. The molecular formula is C47H54N18O10. The molecule has 0 unspecified atom stereocenters. The van der Waals surface area contributed by atoms with Gasteiger partial charge in [0.25, 0.3) is 0 Å². The summed E-state index contributed by atoms with van der Waals surface area (Å²) in [5, 5.41) is 51.3. The Hall–Kier alpha value is -8.34. The number of nitrogens with zero attached hydrogens (tertiary/aromatic N) is 14. The summed E-state index contributed by atoms with van der Waals surface area (Å²) in [5.41, 5.74) is 2.15. The van der Waals surface area contributed by atoms with Gasteiger partial charge in [-0.15, -0.1) is 20.4 Å². The lowest BCUT2D eigenvalue weighted by molar-refractivity contribution is -0.141. The second-order valence-electron chi connectivity index (χ2n) is 18.6. The molecule has 4 atom stereocenters. The predicted molar refractivity (Wildman–Crippen MR) is 264 cm³/mol. The highest BCUT2D eigenvalue weighted by atomic mass is 16.7. The summed E-state index contributed by atoms with van der Waals surface area (Å²) in [6.45, 7) is 6.91. The quantitative estimate of drug-likeness (QED) is 0.0713. The molecule has 0 spiro atoms. The van der Waals surface area contributed by atoms with Crippen molar-refractivity contribution in [2.75, 3.05) is 82.8 Å². The first-order valence-corrected chi connectivity index (χ1v) is 24.4. The van der Waals surface area contributed by atoms with Crippen LogP contribution in [0.4, 0.5) is 44.2 Å². The molecule has 4 bridgehead atoms. The predicted octanol–water partition coefficient (Wildman–Crippen LogP) is 2.13. The van der Waals surface area contributed by atoms with Gasteiger partial charge in [0.1, 0.15) is 59.9 Å². The minimum atomic E-state index is -1.01. The fourth-order valence-corrected chi connectivity index (χ4v) is 9.29. The molecule has 0 radical (unpaired) electrons. The van der Waals surface area contributed by atoms with Crippen molar-refractivity contribution in [3.63, 3.8) is 0 Å². The van der Waals surface area contributed by atoms with Crippen LogP contribution in [0.2, 0.25) is 0 Å². The van der Waals surface area contributed by atoms with Crippen molar-refractivity contribution in [2.24, 2.45) is 0 Å². The number of carbonyl (C=O) groups is 4. The Bertz CT molecular complexity index is 3000. The number of hydrogen-bond acceptors (Lipinski definition) is 22. The maximum Gasteiger partial charge on any atom is 0.329 e. The SMILES string of the molecule is CC1(C)OC[C@H](COc2ccnc(NC(=O)N3c4nc(C(=O)CCc5nn[nH]n5)ccc4N4CC[C@H]3C4)c2)O1.O=C(CCc1nn[nH]n1)c1ccc2c(n1)N(C(=O)Nc1cc(OC[C@H](O)CO)ccn1)[C@H]1CCN2C1. The summed E-state index contributed by atoms with van der Waals surface area (Å²) in [4.78, 5) is 77.9. The molecular weight excluding hydrogens is 977 g/mol. The minimum absolute atomic E-state index is 0.0722. The van der Waals surface area contributed by atoms with E-state index in [1.165, 1.54) is 12.3 Å². The van der Waals surface area contributed by atoms with Gasteiger partial charge in [0.05, 0.1) is 36.7 Å². The summed E-state index contributed by atoms with van der Waals surface area (Å²) in [7, 11) is 0. The first-order chi connectivity index (χ1) is 36.4. The van der Waals surface area contributed by atoms with E-state index in [1.807, 2.05) is 26.0 Å². The highest BCUT2D eigenvalue weighted by Gasteiger charge is 2.42. The van der Waals surface area contributed by atoms with Crippen molar-refractivity contribution < 1.29 is 48.3 Å². The fraction of sp³-hybridized carbons (Fsp3) is 0.447. The normalized spacial score (nSPS) is 19.1. The molecule has 4 amide bonds. The van der Waals surface area contributed by atoms with Gasteiger partial charge in [0, 0.05) is 76.4 Å². The third-order valence-corrected chi connectivity index (χ3v) is 12.9. The average molecular weight is 1030 g/mol. The van der Waals surface area contributed by atoms with E-state index in [-0.39, 0.29) is 72.4 Å². The van der Waals surface area contributed by atoms with Crippen LogP contribution in [0.5, 0.6) is 11.5 Å². The number of nitrogens with one attached hydrogen (secondary N) is 4. The van der Waals surface area contributed by atoms with Gasteiger partial charge in [-0.05, 0) is 63.1 Å². The number of fused-ring (bicyclic) bond motifs is 8. The first kappa shape index (κ1) is 50.2. The van der Waals surface area contributed by atoms with Gasteiger partial charge in [-0.1, -0.05) is 10.4 Å². The number of aliphatic hydroxyl groups excluding tert-OH is 2. The lowest BCUT2D eigenvalue weighted by atomic mass is 10.1. The van der Waals surface area contributed by atoms with Gasteiger partial charge in [-0.3, -0.25) is 30.0 Å².